The third-order valence-electron chi connectivity index (χ3n) is 3.55. The monoisotopic (exact) mass is 354 g/mol. The van der Waals surface area contributed by atoms with Gasteiger partial charge in [0.25, 0.3) is 5.91 Å². The highest BCUT2D eigenvalue weighted by Crippen LogP contribution is 2.38. The summed E-state index contributed by atoms with van der Waals surface area (Å²) < 4.78 is 1.94. The molecule has 3 nitrogen and oxygen atoms in total. The molecule has 1 aromatic carbocycles. The van der Waals surface area contributed by atoms with Crippen LogP contribution in [0.25, 0.3) is 10.1 Å². The summed E-state index contributed by atoms with van der Waals surface area (Å²) in [5.74, 6) is -0.0991. The minimum Gasteiger partial charge on any atom is -0.397 e. The van der Waals surface area contributed by atoms with Gasteiger partial charge in [0.1, 0.15) is 4.88 Å². The van der Waals surface area contributed by atoms with E-state index in [9.17, 15) is 4.79 Å². The summed E-state index contributed by atoms with van der Waals surface area (Å²) in [4.78, 5) is 13.0. The van der Waals surface area contributed by atoms with E-state index in [1.807, 2.05) is 25.1 Å². The zero-order valence-corrected chi connectivity index (χ0v) is 14.5. The number of anilines is 1. The van der Waals surface area contributed by atoms with Gasteiger partial charge in [-0.1, -0.05) is 42.8 Å². The number of nitrogens with two attached hydrogens (primary N) is 1. The quantitative estimate of drug-likeness (QED) is 0.838. The van der Waals surface area contributed by atoms with Crippen molar-refractivity contribution in [3.63, 3.8) is 0 Å². The minimum atomic E-state index is -0.0991. The Morgan fingerprint density at radius 2 is 2.05 bits per heavy atom. The predicted octanol–water partition coefficient (Wildman–Crippen LogP) is 4.41. The molecule has 5 heteroatoms. The number of halogens is 1. The lowest BCUT2D eigenvalue weighted by atomic mass is 9.88. The molecule has 0 aliphatic rings. The highest BCUT2D eigenvalue weighted by Gasteiger charge is 2.24. The molecule has 0 spiro atoms. The third kappa shape index (κ3) is 2.83. The molecule has 1 heterocycles. The molecule has 20 heavy (non-hydrogen) atoms. The van der Waals surface area contributed by atoms with E-state index in [4.69, 9.17) is 5.73 Å². The SMILES string of the molecule is CC(NC(=O)c1sc2cccc(Br)c2c1N)C(C)(C)C. The van der Waals surface area contributed by atoms with Crippen LogP contribution in [0.15, 0.2) is 22.7 Å². The smallest absolute Gasteiger partial charge is 0.263 e. The van der Waals surface area contributed by atoms with Crippen LogP contribution in [0, 0.1) is 5.41 Å². The molecule has 0 radical (unpaired) electrons. The topological polar surface area (TPSA) is 55.1 Å². The fraction of sp³-hybridized carbons (Fsp3) is 0.400. The number of hydrogen-bond donors (Lipinski definition) is 2. The van der Waals surface area contributed by atoms with Crippen LogP contribution in [0.1, 0.15) is 37.4 Å². The fourth-order valence-electron chi connectivity index (χ4n) is 1.78. The molecule has 0 fully saturated rings. The normalized spacial score (nSPS) is 13.4. The summed E-state index contributed by atoms with van der Waals surface area (Å²) in [7, 11) is 0. The van der Waals surface area contributed by atoms with Crippen LogP contribution in [0.4, 0.5) is 5.69 Å². The molecule has 0 saturated heterocycles. The first-order chi connectivity index (χ1) is 9.21. The molecule has 0 bridgehead atoms. The van der Waals surface area contributed by atoms with E-state index >= 15 is 0 Å². The Balaban J connectivity index is 2.37. The van der Waals surface area contributed by atoms with E-state index in [2.05, 4.69) is 42.0 Å². The molecular weight excluding hydrogens is 336 g/mol. The lowest BCUT2D eigenvalue weighted by Crippen LogP contribution is -2.41. The number of nitrogens with one attached hydrogen (secondary N) is 1. The van der Waals surface area contributed by atoms with Gasteiger partial charge in [-0.3, -0.25) is 4.79 Å². The van der Waals surface area contributed by atoms with Crippen LogP contribution in [-0.4, -0.2) is 11.9 Å². The highest BCUT2D eigenvalue weighted by molar-refractivity contribution is 9.10. The number of amides is 1. The molecular formula is C15H19BrN2OS. The number of hydrogen-bond acceptors (Lipinski definition) is 3. The van der Waals surface area contributed by atoms with Crippen LogP contribution in [-0.2, 0) is 0 Å². The Bertz CT molecular complexity index is 658. The van der Waals surface area contributed by atoms with Crippen LogP contribution in [0.2, 0.25) is 0 Å². The van der Waals surface area contributed by atoms with E-state index in [1.54, 1.807) is 0 Å². The third-order valence-corrected chi connectivity index (χ3v) is 5.38. The van der Waals surface area contributed by atoms with Gasteiger partial charge in [-0.05, 0) is 24.5 Å². The van der Waals surface area contributed by atoms with Gasteiger partial charge < -0.3 is 11.1 Å². The lowest BCUT2D eigenvalue weighted by Gasteiger charge is -2.27. The summed E-state index contributed by atoms with van der Waals surface area (Å²) in [6, 6.07) is 5.93. The molecule has 0 saturated carbocycles. The van der Waals surface area contributed by atoms with Gasteiger partial charge in [-0.15, -0.1) is 11.3 Å². The first-order valence-corrected chi connectivity index (χ1v) is 8.10. The van der Waals surface area contributed by atoms with Crippen molar-refractivity contribution >= 4 is 48.9 Å². The van der Waals surface area contributed by atoms with E-state index in [0.717, 1.165) is 14.6 Å². The second kappa shape index (κ2) is 5.37. The molecule has 2 rings (SSSR count). The second-order valence-corrected chi connectivity index (χ2v) is 7.93. The van der Waals surface area contributed by atoms with Crippen molar-refractivity contribution < 1.29 is 4.79 Å². The Hall–Kier alpha value is -1.07. The molecule has 0 aliphatic heterocycles. The summed E-state index contributed by atoms with van der Waals surface area (Å²) in [6.45, 7) is 8.31. The maximum absolute atomic E-state index is 12.4. The van der Waals surface area contributed by atoms with Gasteiger partial charge >= 0.3 is 0 Å². The average Bonchev–Trinajstić information content (AvgIpc) is 2.67. The summed E-state index contributed by atoms with van der Waals surface area (Å²) in [6.07, 6.45) is 0. The number of benzene rings is 1. The van der Waals surface area contributed by atoms with Crippen molar-refractivity contribution in [2.75, 3.05) is 5.73 Å². The molecule has 1 amide bonds. The van der Waals surface area contributed by atoms with Gasteiger partial charge in [0, 0.05) is 20.6 Å². The van der Waals surface area contributed by atoms with Crippen molar-refractivity contribution in [1.82, 2.24) is 5.32 Å². The van der Waals surface area contributed by atoms with Crippen molar-refractivity contribution in [3.05, 3.63) is 27.5 Å². The number of rotatable bonds is 2. The van der Waals surface area contributed by atoms with E-state index in [0.29, 0.717) is 10.6 Å². The predicted molar refractivity (Wildman–Crippen MR) is 90.3 cm³/mol. The summed E-state index contributed by atoms with van der Waals surface area (Å²) in [5, 5.41) is 3.96. The van der Waals surface area contributed by atoms with Crippen LogP contribution < -0.4 is 11.1 Å². The maximum atomic E-state index is 12.4. The molecule has 108 valence electrons. The second-order valence-electron chi connectivity index (χ2n) is 6.02. The lowest BCUT2D eigenvalue weighted by molar-refractivity contribution is 0.0915. The zero-order chi connectivity index (χ0) is 15.1. The summed E-state index contributed by atoms with van der Waals surface area (Å²) in [5.41, 5.74) is 6.71. The van der Waals surface area contributed by atoms with Gasteiger partial charge in [0.05, 0.1) is 5.69 Å². The maximum Gasteiger partial charge on any atom is 0.263 e. The molecule has 3 N–H and O–H groups in total. The molecule has 2 aromatic rings. The average molecular weight is 355 g/mol. The van der Waals surface area contributed by atoms with Gasteiger partial charge in [0.15, 0.2) is 0 Å². The van der Waals surface area contributed by atoms with E-state index in [-0.39, 0.29) is 17.4 Å². The zero-order valence-electron chi connectivity index (χ0n) is 12.1. The van der Waals surface area contributed by atoms with Crippen LogP contribution >= 0.6 is 27.3 Å². The Morgan fingerprint density at radius 1 is 1.40 bits per heavy atom. The number of carbonyl (C=O) groups excluding carboxylic acids is 1. The summed E-state index contributed by atoms with van der Waals surface area (Å²) >= 11 is 4.92. The Kier molecular flexibility index (Phi) is 4.12. The Morgan fingerprint density at radius 3 is 2.60 bits per heavy atom. The van der Waals surface area contributed by atoms with E-state index < -0.39 is 0 Å². The van der Waals surface area contributed by atoms with Gasteiger partial charge in [0.2, 0.25) is 0 Å². The standard InChI is InChI=1S/C15H19BrN2OS/c1-8(15(2,3)4)18-14(19)13-12(17)11-9(16)6-5-7-10(11)20-13/h5-8H,17H2,1-4H3,(H,18,19). The number of thiophene rings is 1. The van der Waals surface area contributed by atoms with Crippen molar-refractivity contribution in [3.8, 4) is 0 Å². The van der Waals surface area contributed by atoms with Gasteiger partial charge in [-0.25, -0.2) is 0 Å². The minimum absolute atomic E-state index is 0.0156. The van der Waals surface area contributed by atoms with E-state index in [1.165, 1.54) is 11.3 Å². The molecule has 1 unspecified atom stereocenters. The largest absolute Gasteiger partial charge is 0.397 e. The first-order valence-electron chi connectivity index (χ1n) is 6.49. The van der Waals surface area contributed by atoms with Crippen LogP contribution in [0.3, 0.4) is 0 Å². The number of fused-ring (bicyclic) bond motifs is 1. The first kappa shape index (κ1) is 15.3. The van der Waals surface area contributed by atoms with Crippen molar-refractivity contribution in [1.29, 1.82) is 0 Å². The molecule has 1 aromatic heterocycles. The highest BCUT2D eigenvalue weighted by atomic mass is 79.9. The van der Waals surface area contributed by atoms with Crippen molar-refractivity contribution in [2.24, 2.45) is 5.41 Å². The molecule has 1 atom stereocenters. The van der Waals surface area contributed by atoms with Gasteiger partial charge in [-0.2, -0.15) is 0 Å². The number of nitrogen functional groups attached to an aromatic ring is 1. The van der Waals surface area contributed by atoms with Crippen molar-refractivity contribution in [2.45, 2.75) is 33.7 Å². The molecule has 0 aliphatic carbocycles. The number of carbonyl (C=O) groups is 1. The Labute approximate surface area is 131 Å². The fourth-order valence-corrected chi connectivity index (χ4v) is 3.54. The van der Waals surface area contributed by atoms with Crippen LogP contribution in [0.5, 0.6) is 0 Å².